The van der Waals surface area contributed by atoms with Crippen molar-refractivity contribution < 1.29 is 4.79 Å². The molecular weight excluding hydrogens is 221 g/mol. The lowest BCUT2D eigenvalue weighted by molar-refractivity contribution is -0.115. The van der Waals surface area contributed by atoms with Crippen molar-refractivity contribution >= 4 is 29.5 Å². The molecule has 1 aromatic heterocycles. The molecule has 1 saturated carbocycles. The molecule has 1 fully saturated rings. The minimum absolute atomic E-state index is 0.348. The van der Waals surface area contributed by atoms with Crippen LogP contribution in [0.3, 0.4) is 0 Å². The van der Waals surface area contributed by atoms with E-state index >= 15 is 0 Å². The Morgan fingerprint density at radius 2 is 1.86 bits per heavy atom. The van der Waals surface area contributed by atoms with Gasteiger partial charge in [0.25, 0.3) is 0 Å². The molecule has 0 atom stereocenters. The number of aldehydes is 1. The molecule has 2 nitrogen and oxygen atoms in total. The van der Waals surface area contributed by atoms with Gasteiger partial charge >= 0.3 is 0 Å². The third-order valence-electron chi connectivity index (χ3n) is 2.81. The maximum Gasteiger partial charge on any atom is 0.131 e. The number of pyridine rings is 1. The van der Waals surface area contributed by atoms with Crippen LogP contribution < -0.4 is 0 Å². The van der Waals surface area contributed by atoms with E-state index in [0.717, 1.165) is 31.1 Å². The van der Waals surface area contributed by atoms with E-state index in [2.05, 4.69) is 4.98 Å². The lowest BCUT2D eigenvalue weighted by Crippen LogP contribution is -2.35. The second-order valence-electron chi connectivity index (χ2n) is 3.63. The molecule has 14 heavy (non-hydrogen) atoms. The monoisotopic (exact) mass is 229 g/mol. The fourth-order valence-corrected chi connectivity index (χ4v) is 2.25. The normalized spacial score (nSPS) is 18.7. The summed E-state index contributed by atoms with van der Waals surface area (Å²) in [5.41, 5.74) is 0.541. The topological polar surface area (TPSA) is 30.0 Å². The van der Waals surface area contributed by atoms with Crippen molar-refractivity contribution in [3.63, 3.8) is 0 Å². The number of carbonyl (C=O) groups excluding carboxylic acids is 1. The van der Waals surface area contributed by atoms with Gasteiger partial charge in [-0.3, -0.25) is 0 Å². The van der Waals surface area contributed by atoms with Gasteiger partial charge in [0, 0.05) is 0 Å². The smallest absolute Gasteiger partial charge is 0.131 e. The molecule has 1 heterocycles. The summed E-state index contributed by atoms with van der Waals surface area (Å²) < 4.78 is 0. The summed E-state index contributed by atoms with van der Waals surface area (Å²) in [6, 6.07) is 3.45. The van der Waals surface area contributed by atoms with E-state index in [1.807, 2.05) is 0 Å². The Labute approximate surface area is 92.2 Å². The number of carbonyl (C=O) groups is 1. The van der Waals surface area contributed by atoms with Gasteiger partial charge in [0.15, 0.2) is 0 Å². The van der Waals surface area contributed by atoms with Crippen molar-refractivity contribution in [2.24, 2.45) is 0 Å². The molecule has 0 saturated heterocycles. The molecule has 0 bridgehead atoms. The van der Waals surface area contributed by atoms with Crippen LogP contribution in [0.15, 0.2) is 12.1 Å². The van der Waals surface area contributed by atoms with Gasteiger partial charge in [-0.15, -0.1) is 0 Å². The number of hydrogen-bond donors (Lipinski definition) is 0. The van der Waals surface area contributed by atoms with E-state index in [1.54, 1.807) is 12.1 Å². The van der Waals surface area contributed by atoms with Gasteiger partial charge in [0.05, 0.1) is 5.41 Å². The zero-order valence-corrected chi connectivity index (χ0v) is 8.98. The van der Waals surface area contributed by atoms with Crippen molar-refractivity contribution in [3.8, 4) is 0 Å². The molecule has 2 rings (SSSR count). The Kier molecular flexibility index (Phi) is 2.50. The van der Waals surface area contributed by atoms with Gasteiger partial charge in [-0.05, 0) is 30.5 Å². The highest BCUT2D eigenvalue weighted by atomic mass is 35.5. The van der Waals surface area contributed by atoms with E-state index in [0.29, 0.717) is 10.3 Å². The number of halogens is 2. The number of rotatable bonds is 2. The first-order valence-electron chi connectivity index (χ1n) is 4.46. The van der Waals surface area contributed by atoms with Crippen molar-refractivity contribution in [3.05, 3.63) is 28.0 Å². The van der Waals surface area contributed by atoms with Crippen LogP contribution in [0, 0.1) is 0 Å². The van der Waals surface area contributed by atoms with Gasteiger partial charge in [0.2, 0.25) is 0 Å². The molecule has 1 aromatic rings. The van der Waals surface area contributed by atoms with Gasteiger partial charge in [-0.25, -0.2) is 4.98 Å². The van der Waals surface area contributed by atoms with E-state index < -0.39 is 0 Å². The molecule has 0 aromatic carbocycles. The largest absolute Gasteiger partial charge is 0.302 e. The third kappa shape index (κ3) is 1.53. The SMILES string of the molecule is O=CC1(c2cc(Cl)nc(Cl)c2)CCC1. The van der Waals surface area contributed by atoms with Gasteiger partial charge in [-0.1, -0.05) is 29.6 Å². The predicted octanol–water partition coefficient (Wildman–Crippen LogP) is 3.01. The summed E-state index contributed by atoms with van der Waals surface area (Å²) in [6.45, 7) is 0. The summed E-state index contributed by atoms with van der Waals surface area (Å²) in [5, 5.41) is 0.696. The van der Waals surface area contributed by atoms with Crippen LogP contribution in [0.5, 0.6) is 0 Å². The van der Waals surface area contributed by atoms with Gasteiger partial charge in [0.1, 0.15) is 16.6 Å². The lowest BCUT2D eigenvalue weighted by Gasteiger charge is -2.37. The number of hydrogen-bond acceptors (Lipinski definition) is 2. The summed E-state index contributed by atoms with van der Waals surface area (Å²) in [6.07, 6.45) is 3.84. The van der Waals surface area contributed by atoms with Crippen molar-refractivity contribution in [1.29, 1.82) is 0 Å². The minimum atomic E-state index is -0.351. The zero-order valence-electron chi connectivity index (χ0n) is 7.46. The van der Waals surface area contributed by atoms with Crippen LogP contribution in [0.25, 0.3) is 0 Å². The maximum atomic E-state index is 11.0. The maximum absolute atomic E-state index is 11.0. The highest BCUT2D eigenvalue weighted by molar-refractivity contribution is 6.32. The first-order chi connectivity index (χ1) is 6.66. The molecule has 4 heteroatoms. The quantitative estimate of drug-likeness (QED) is 0.577. The molecule has 0 aliphatic heterocycles. The Morgan fingerprint density at radius 1 is 1.29 bits per heavy atom. The van der Waals surface area contributed by atoms with Crippen molar-refractivity contribution in [1.82, 2.24) is 4.98 Å². The number of aromatic nitrogens is 1. The molecule has 0 spiro atoms. The second kappa shape index (κ2) is 3.52. The van der Waals surface area contributed by atoms with Crippen molar-refractivity contribution in [2.45, 2.75) is 24.7 Å². The van der Waals surface area contributed by atoms with Crippen molar-refractivity contribution in [2.75, 3.05) is 0 Å². The highest BCUT2D eigenvalue weighted by Gasteiger charge is 2.38. The van der Waals surface area contributed by atoms with Gasteiger partial charge in [-0.2, -0.15) is 0 Å². The van der Waals surface area contributed by atoms with E-state index in [9.17, 15) is 4.79 Å². The molecule has 1 aliphatic rings. The molecular formula is C10H9Cl2NO. The molecule has 0 unspecified atom stereocenters. The standard InChI is InChI=1S/C10H9Cl2NO/c11-8-4-7(5-9(12)13-8)10(6-14)2-1-3-10/h4-6H,1-3H2. The highest BCUT2D eigenvalue weighted by Crippen LogP contribution is 2.42. The minimum Gasteiger partial charge on any atom is -0.302 e. The lowest BCUT2D eigenvalue weighted by atomic mass is 9.66. The summed E-state index contributed by atoms with van der Waals surface area (Å²) in [5.74, 6) is 0. The predicted molar refractivity (Wildman–Crippen MR) is 55.9 cm³/mol. The van der Waals surface area contributed by atoms with Crippen LogP contribution in [0.1, 0.15) is 24.8 Å². The van der Waals surface area contributed by atoms with Gasteiger partial charge < -0.3 is 4.79 Å². The van der Waals surface area contributed by atoms with Crippen LogP contribution in [0.4, 0.5) is 0 Å². The molecule has 74 valence electrons. The zero-order chi connectivity index (χ0) is 10.2. The summed E-state index contributed by atoms with van der Waals surface area (Å²) in [7, 11) is 0. The number of nitrogens with zero attached hydrogens (tertiary/aromatic N) is 1. The first-order valence-corrected chi connectivity index (χ1v) is 5.22. The Morgan fingerprint density at radius 3 is 2.21 bits per heavy atom. The first kappa shape index (κ1) is 9.94. The Hall–Kier alpha value is -0.600. The summed E-state index contributed by atoms with van der Waals surface area (Å²) in [4.78, 5) is 14.9. The fraction of sp³-hybridized carbons (Fsp3) is 0.400. The molecule has 0 amide bonds. The van der Waals surface area contributed by atoms with E-state index in [-0.39, 0.29) is 5.41 Å². The molecule has 1 aliphatic carbocycles. The average molecular weight is 230 g/mol. The second-order valence-corrected chi connectivity index (χ2v) is 4.40. The van der Waals surface area contributed by atoms with Crippen LogP contribution in [0.2, 0.25) is 10.3 Å². The summed E-state index contributed by atoms with van der Waals surface area (Å²) >= 11 is 11.6. The molecule has 0 N–H and O–H groups in total. The Bertz CT molecular complexity index is 354. The third-order valence-corrected chi connectivity index (χ3v) is 3.20. The molecule has 0 radical (unpaired) electrons. The fourth-order valence-electron chi connectivity index (χ4n) is 1.78. The van der Waals surface area contributed by atoms with Crippen LogP contribution >= 0.6 is 23.2 Å². The van der Waals surface area contributed by atoms with E-state index in [1.165, 1.54) is 0 Å². The average Bonchev–Trinajstić information content (AvgIpc) is 2.01. The van der Waals surface area contributed by atoms with Crippen LogP contribution in [-0.4, -0.2) is 11.3 Å². The Balaban J connectivity index is 2.44. The van der Waals surface area contributed by atoms with Crippen LogP contribution in [-0.2, 0) is 10.2 Å². The van der Waals surface area contributed by atoms with E-state index in [4.69, 9.17) is 23.2 Å².